The molecular formula is C16H20ClNO. The van der Waals surface area contributed by atoms with Crippen molar-refractivity contribution in [3.8, 4) is 0 Å². The lowest BCUT2D eigenvalue weighted by molar-refractivity contribution is -0.125. The Labute approximate surface area is 119 Å². The molecule has 0 aliphatic heterocycles. The minimum atomic E-state index is 0.136. The number of amides is 1. The summed E-state index contributed by atoms with van der Waals surface area (Å²) in [6, 6.07) is 7.93. The summed E-state index contributed by atoms with van der Waals surface area (Å²) in [7, 11) is 0. The summed E-state index contributed by atoms with van der Waals surface area (Å²) >= 11 is 5.96. The van der Waals surface area contributed by atoms with Crippen molar-refractivity contribution in [2.24, 2.45) is 5.92 Å². The fourth-order valence-corrected chi connectivity index (χ4v) is 2.67. The molecule has 1 aliphatic carbocycles. The summed E-state index contributed by atoms with van der Waals surface area (Å²) in [5, 5.41) is 3.85. The lowest BCUT2D eigenvalue weighted by Gasteiger charge is -2.21. The van der Waals surface area contributed by atoms with E-state index in [1.54, 1.807) is 0 Å². The number of allylic oxidation sites excluding steroid dienone is 2. The fourth-order valence-electron chi connectivity index (χ4n) is 2.46. The average Bonchev–Trinajstić information content (AvgIpc) is 2.39. The van der Waals surface area contributed by atoms with Gasteiger partial charge in [0.05, 0.1) is 0 Å². The summed E-state index contributed by atoms with van der Waals surface area (Å²) in [5.41, 5.74) is 1.16. The molecule has 2 atom stereocenters. The van der Waals surface area contributed by atoms with Crippen LogP contribution in [0.5, 0.6) is 0 Å². The first-order chi connectivity index (χ1) is 9.15. The maximum absolute atomic E-state index is 12.1. The Kier molecular flexibility index (Phi) is 5.03. The van der Waals surface area contributed by atoms with Gasteiger partial charge in [-0.05, 0) is 50.3 Å². The zero-order valence-corrected chi connectivity index (χ0v) is 12.0. The Balaban J connectivity index is 1.85. The van der Waals surface area contributed by atoms with Crippen LogP contribution in [0.4, 0.5) is 0 Å². The zero-order chi connectivity index (χ0) is 13.7. The van der Waals surface area contributed by atoms with Crippen LogP contribution in [0.25, 0.3) is 0 Å². The monoisotopic (exact) mass is 277 g/mol. The lowest BCUT2D eigenvalue weighted by atomic mass is 9.93. The molecule has 0 saturated heterocycles. The van der Waals surface area contributed by atoms with Crippen molar-refractivity contribution in [1.29, 1.82) is 0 Å². The van der Waals surface area contributed by atoms with Gasteiger partial charge in [0, 0.05) is 17.0 Å². The van der Waals surface area contributed by atoms with E-state index in [4.69, 9.17) is 11.6 Å². The van der Waals surface area contributed by atoms with Gasteiger partial charge in [0.1, 0.15) is 0 Å². The molecule has 1 aromatic carbocycles. The van der Waals surface area contributed by atoms with Gasteiger partial charge < -0.3 is 5.32 Å². The first-order valence-electron chi connectivity index (χ1n) is 6.85. The minimum Gasteiger partial charge on any atom is -0.353 e. The molecule has 19 heavy (non-hydrogen) atoms. The van der Waals surface area contributed by atoms with Crippen LogP contribution in [0.2, 0.25) is 5.02 Å². The number of hydrogen-bond donors (Lipinski definition) is 1. The van der Waals surface area contributed by atoms with Gasteiger partial charge in [0.2, 0.25) is 5.91 Å². The van der Waals surface area contributed by atoms with Crippen LogP contribution >= 0.6 is 11.6 Å². The number of rotatable bonds is 4. The third-order valence-electron chi connectivity index (χ3n) is 3.46. The standard InChI is InChI=1S/C16H20ClNO/c1-12(10-13-6-5-9-15(17)11-13)18-16(19)14-7-3-2-4-8-14/h2-3,5-6,9,11-12,14H,4,7-8,10H2,1H3,(H,18,19)/t12-,14+/m1/s1. The van der Waals surface area contributed by atoms with Crippen molar-refractivity contribution < 1.29 is 4.79 Å². The van der Waals surface area contributed by atoms with Crippen molar-refractivity contribution in [2.45, 2.75) is 38.6 Å². The Morgan fingerprint density at radius 2 is 2.32 bits per heavy atom. The largest absolute Gasteiger partial charge is 0.353 e. The summed E-state index contributed by atoms with van der Waals surface area (Å²) < 4.78 is 0. The maximum Gasteiger partial charge on any atom is 0.223 e. The van der Waals surface area contributed by atoms with E-state index in [2.05, 4.69) is 17.5 Å². The molecule has 0 spiro atoms. The van der Waals surface area contributed by atoms with E-state index in [-0.39, 0.29) is 17.9 Å². The van der Waals surface area contributed by atoms with E-state index in [0.29, 0.717) is 0 Å². The average molecular weight is 278 g/mol. The quantitative estimate of drug-likeness (QED) is 0.835. The van der Waals surface area contributed by atoms with E-state index in [9.17, 15) is 4.79 Å². The molecule has 2 nitrogen and oxygen atoms in total. The van der Waals surface area contributed by atoms with Gasteiger partial charge in [-0.3, -0.25) is 4.79 Å². The van der Waals surface area contributed by atoms with Gasteiger partial charge in [0.15, 0.2) is 0 Å². The second-order valence-corrected chi connectivity index (χ2v) is 5.66. The Bertz CT molecular complexity index is 470. The normalized spacial score (nSPS) is 20.0. The molecular weight excluding hydrogens is 258 g/mol. The summed E-state index contributed by atoms with van der Waals surface area (Å²) in [4.78, 5) is 12.1. The molecule has 0 radical (unpaired) electrons. The molecule has 0 fully saturated rings. The lowest BCUT2D eigenvalue weighted by Crippen LogP contribution is -2.38. The van der Waals surface area contributed by atoms with Crippen LogP contribution in [0.15, 0.2) is 36.4 Å². The van der Waals surface area contributed by atoms with Crippen LogP contribution in [-0.4, -0.2) is 11.9 Å². The molecule has 3 heteroatoms. The molecule has 0 bridgehead atoms. The predicted octanol–water partition coefficient (Wildman–Crippen LogP) is 3.74. The molecule has 1 amide bonds. The third-order valence-corrected chi connectivity index (χ3v) is 3.69. The molecule has 0 heterocycles. The van der Waals surface area contributed by atoms with Crippen molar-refractivity contribution in [3.05, 3.63) is 47.0 Å². The SMILES string of the molecule is C[C@H](Cc1cccc(Cl)c1)NC(=O)[C@H]1CC=CCC1. The van der Waals surface area contributed by atoms with Gasteiger partial charge >= 0.3 is 0 Å². The van der Waals surface area contributed by atoms with Crippen molar-refractivity contribution in [3.63, 3.8) is 0 Å². The molecule has 0 saturated carbocycles. The number of halogens is 1. The highest BCUT2D eigenvalue weighted by Crippen LogP contribution is 2.18. The Hall–Kier alpha value is -1.28. The van der Waals surface area contributed by atoms with Crippen LogP contribution < -0.4 is 5.32 Å². The van der Waals surface area contributed by atoms with E-state index in [1.807, 2.05) is 31.2 Å². The van der Waals surface area contributed by atoms with Crippen LogP contribution in [0.1, 0.15) is 31.7 Å². The van der Waals surface area contributed by atoms with Gasteiger partial charge in [-0.2, -0.15) is 0 Å². The summed E-state index contributed by atoms with van der Waals surface area (Å²) in [6.07, 6.45) is 7.92. The molecule has 0 unspecified atom stereocenters. The summed E-state index contributed by atoms with van der Waals surface area (Å²) in [6.45, 7) is 2.04. The zero-order valence-electron chi connectivity index (χ0n) is 11.2. The Morgan fingerprint density at radius 1 is 1.47 bits per heavy atom. The first-order valence-corrected chi connectivity index (χ1v) is 7.23. The highest BCUT2D eigenvalue weighted by atomic mass is 35.5. The predicted molar refractivity (Wildman–Crippen MR) is 79.2 cm³/mol. The smallest absolute Gasteiger partial charge is 0.223 e. The number of hydrogen-bond acceptors (Lipinski definition) is 1. The van der Waals surface area contributed by atoms with E-state index in [0.717, 1.165) is 36.3 Å². The second-order valence-electron chi connectivity index (χ2n) is 5.23. The van der Waals surface area contributed by atoms with Crippen molar-refractivity contribution in [1.82, 2.24) is 5.32 Å². The van der Waals surface area contributed by atoms with Gasteiger partial charge in [-0.25, -0.2) is 0 Å². The van der Waals surface area contributed by atoms with Gasteiger partial charge in [0.25, 0.3) is 0 Å². The van der Waals surface area contributed by atoms with Crippen LogP contribution in [-0.2, 0) is 11.2 Å². The minimum absolute atomic E-state index is 0.136. The van der Waals surface area contributed by atoms with Gasteiger partial charge in [-0.15, -0.1) is 0 Å². The first kappa shape index (κ1) is 14.1. The highest BCUT2D eigenvalue weighted by Gasteiger charge is 2.20. The molecule has 2 rings (SSSR count). The highest BCUT2D eigenvalue weighted by molar-refractivity contribution is 6.30. The fraction of sp³-hybridized carbons (Fsp3) is 0.438. The van der Waals surface area contributed by atoms with Crippen molar-refractivity contribution in [2.75, 3.05) is 0 Å². The summed E-state index contributed by atoms with van der Waals surface area (Å²) in [5.74, 6) is 0.325. The van der Waals surface area contributed by atoms with Crippen molar-refractivity contribution >= 4 is 17.5 Å². The molecule has 1 aliphatic rings. The van der Waals surface area contributed by atoms with Crippen LogP contribution in [0.3, 0.4) is 0 Å². The third kappa shape index (κ3) is 4.39. The number of carbonyl (C=O) groups excluding carboxylic acids is 1. The maximum atomic E-state index is 12.1. The topological polar surface area (TPSA) is 29.1 Å². The molecule has 1 aromatic rings. The van der Waals surface area contributed by atoms with E-state index >= 15 is 0 Å². The number of benzene rings is 1. The number of carbonyl (C=O) groups is 1. The molecule has 102 valence electrons. The number of nitrogens with one attached hydrogen (secondary N) is 1. The Morgan fingerprint density at radius 3 is 3.00 bits per heavy atom. The molecule has 0 aromatic heterocycles. The van der Waals surface area contributed by atoms with Gasteiger partial charge in [-0.1, -0.05) is 35.9 Å². The van der Waals surface area contributed by atoms with E-state index in [1.165, 1.54) is 0 Å². The van der Waals surface area contributed by atoms with Crippen LogP contribution in [0, 0.1) is 5.92 Å². The molecule has 1 N–H and O–H groups in total. The van der Waals surface area contributed by atoms with E-state index < -0.39 is 0 Å². The second kappa shape index (κ2) is 6.76.